The predicted molar refractivity (Wildman–Crippen MR) is 110 cm³/mol. The summed E-state index contributed by atoms with van der Waals surface area (Å²) in [6, 6.07) is 13.4. The molecule has 0 fully saturated rings. The Morgan fingerprint density at radius 2 is 1.97 bits per heavy atom. The standard InChI is InChI=1S/C19H18ClN5O3S/c1-28-12-4-11-21-17-15-5-2-3-6-16(15)25-18(22-17)19(23-24-25)29(26,27)14-9-7-13(20)8-10-14/h2-3,5-10H,4,11-12H2,1H3,(H-,21,22,26,27). The fourth-order valence-electron chi connectivity index (χ4n) is 3.00. The van der Waals surface area contributed by atoms with Crippen LogP contribution in [0.15, 0.2) is 58.5 Å². The molecule has 4 aromatic rings. The maximum Gasteiger partial charge on any atom is 0.317 e. The van der Waals surface area contributed by atoms with E-state index in [1.807, 2.05) is 24.3 Å². The van der Waals surface area contributed by atoms with E-state index < -0.39 is 10.2 Å². The van der Waals surface area contributed by atoms with Crippen LogP contribution in [0.3, 0.4) is 0 Å². The van der Waals surface area contributed by atoms with Crippen molar-refractivity contribution in [1.82, 2.24) is 19.8 Å². The molecule has 10 heteroatoms. The van der Waals surface area contributed by atoms with Gasteiger partial charge in [-0.15, -0.1) is 0 Å². The lowest BCUT2D eigenvalue weighted by atomic mass is 10.2. The van der Waals surface area contributed by atoms with Crippen LogP contribution in [0, 0.1) is 0 Å². The van der Waals surface area contributed by atoms with Gasteiger partial charge in [0, 0.05) is 30.7 Å². The Hall–Kier alpha value is -2.59. The number of nitrogens with one attached hydrogen (secondary N) is 1. The van der Waals surface area contributed by atoms with Crippen molar-refractivity contribution in [3.8, 4) is 0 Å². The predicted octanol–water partition coefficient (Wildman–Crippen LogP) is 3.43. The molecule has 1 atom stereocenters. The molecule has 0 radical (unpaired) electrons. The number of halogens is 1. The summed E-state index contributed by atoms with van der Waals surface area (Å²) in [5.74, 6) is 0.569. The van der Waals surface area contributed by atoms with Gasteiger partial charge in [0.1, 0.15) is 16.0 Å². The zero-order valence-corrected chi connectivity index (χ0v) is 17.1. The SMILES string of the molecule is COCCCNc1nc2c([S+](=O)([O-])c3ccc(Cl)cc3)nnn2c2ccccc12. The van der Waals surface area contributed by atoms with Gasteiger partial charge in [0.25, 0.3) is 0 Å². The minimum absolute atomic E-state index is 0.0777. The first kappa shape index (κ1) is 19.7. The highest BCUT2D eigenvalue weighted by Crippen LogP contribution is 2.31. The summed E-state index contributed by atoms with van der Waals surface area (Å²) in [6.45, 7) is 1.24. The summed E-state index contributed by atoms with van der Waals surface area (Å²) >= 11 is 5.88. The lowest BCUT2D eigenvalue weighted by Crippen LogP contribution is -2.13. The number of hydrogen-bond acceptors (Lipinski definition) is 7. The molecular formula is C19H18ClN5O3S. The number of benzene rings is 2. The lowest BCUT2D eigenvalue weighted by Gasteiger charge is -2.13. The maximum atomic E-state index is 13.1. The first-order valence-corrected chi connectivity index (χ1v) is 10.8. The third kappa shape index (κ3) is 3.69. The molecule has 2 aromatic heterocycles. The van der Waals surface area contributed by atoms with Gasteiger partial charge < -0.3 is 14.6 Å². The number of methoxy groups -OCH3 is 1. The van der Waals surface area contributed by atoms with Gasteiger partial charge in [-0.05, 0) is 42.8 Å². The molecular weight excluding hydrogens is 414 g/mol. The summed E-state index contributed by atoms with van der Waals surface area (Å²) < 4.78 is 32.8. The molecule has 1 N–H and O–H groups in total. The second-order valence-electron chi connectivity index (χ2n) is 6.34. The second-order valence-corrected chi connectivity index (χ2v) is 8.64. The summed E-state index contributed by atoms with van der Waals surface area (Å²) in [4.78, 5) is 4.63. The van der Waals surface area contributed by atoms with E-state index in [1.54, 1.807) is 7.11 Å². The van der Waals surface area contributed by atoms with E-state index in [-0.39, 0.29) is 15.6 Å². The summed E-state index contributed by atoms with van der Waals surface area (Å²) in [5.41, 5.74) is 0.865. The summed E-state index contributed by atoms with van der Waals surface area (Å²) in [7, 11) is -2.27. The van der Waals surface area contributed by atoms with Gasteiger partial charge in [-0.2, -0.15) is 4.52 Å². The molecule has 0 aliphatic carbocycles. The van der Waals surface area contributed by atoms with E-state index in [1.165, 1.54) is 28.8 Å². The third-order valence-electron chi connectivity index (χ3n) is 4.42. The van der Waals surface area contributed by atoms with E-state index in [4.69, 9.17) is 16.3 Å². The van der Waals surface area contributed by atoms with Gasteiger partial charge in [0.15, 0.2) is 4.90 Å². The van der Waals surface area contributed by atoms with Crippen LogP contribution >= 0.6 is 11.6 Å². The van der Waals surface area contributed by atoms with Gasteiger partial charge in [0.2, 0.25) is 5.65 Å². The number of ether oxygens (including phenoxy) is 1. The minimum Gasteiger partial charge on any atom is -0.604 e. The highest BCUT2D eigenvalue weighted by Gasteiger charge is 2.32. The first-order chi connectivity index (χ1) is 14.0. The van der Waals surface area contributed by atoms with Crippen LogP contribution in [-0.2, 0) is 19.2 Å². The average molecular weight is 432 g/mol. The van der Waals surface area contributed by atoms with E-state index >= 15 is 0 Å². The van der Waals surface area contributed by atoms with Crippen LogP contribution in [0.4, 0.5) is 5.82 Å². The zero-order valence-electron chi connectivity index (χ0n) is 15.5. The second kappa shape index (κ2) is 8.03. The molecule has 0 aliphatic rings. The number of nitrogens with zero attached hydrogens (tertiary/aromatic N) is 4. The molecule has 8 nitrogen and oxygen atoms in total. The molecule has 2 heterocycles. The molecule has 2 aromatic carbocycles. The summed E-state index contributed by atoms with van der Waals surface area (Å²) in [5, 5.41) is 12.3. The maximum absolute atomic E-state index is 13.1. The Morgan fingerprint density at radius 1 is 1.21 bits per heavy atom. The molecule has 150 valence electrons. The highest BCUT2D eigenvalue weighted by molar-refractivity contribution is 7.97. The van der Waals surface area contributed by atoms with Crippen molar-refractivity contribution < 1.29 is 13.5 Å². The number of sulfone groups is 1. The molecule has 0 spiro atoms. The number of hydrogen-bond donors (Lipinski definition) is 1. The number of fused-ring (bicyclic) bond motifs is 3. The van der Waals surface area contributed by atoms with Crippen molar-refractivity contribution in [2.75, 3.05) is 25.6 Å². The highest BCUT2D eigenvalue weighted by atomic mass is 35.5. The Morgan fingerprint density at radius 3 is 2.72 bits per heavy atom. The minimum atomic E-state index is -3.92. The topological polar surface area (TPSA) is 104 Å². The summed E-state index contributed by atoms with van der Waals surface area (Å²) in [6.07, 6.45) is 0.783. The van der Waals surface area contributed by atoms with E-state index in [0.717, 1.165) is 11.8 Å². The smallest absolute Gasteiger partial charge is 0.317 e. The fourth-order valence-corrected chi connectivity index (χ4v) is 4.36. The van der Waals surface area contributed by atoms with Crippen LogP contribution in [0.5, 0.6) is 0 Å². The normalized spacial score (nSPS) is 13.6. The van der Waals surface area contributed by atoms with Crippen molar-refractivity contribution in [2.45, 2.75) is 16.3 Å². The van der Waals surface area contributed by atoms with Crippen molar-refractivity contribution in [1.29, 1.82) is 0 Å². The van der Waals surface area contributed by atoms with Crippen molar-refractivity contribution in [3.05, 3.63) is 53.6 Å². The molecule has 0 bridgehead atoms. The molecule has 0 amide bonds. The zero-order chi connectivity index (χ0) is 20.4. The molecule has 4 rings (SSSR count). The van der Waals surface area contributed by atoms with Crippen LogP contribution in [0.25, 0.3) is 16.6 Å². The third-order valence-corrected chi connectivity index (χ3v) is 6.34. The van der Waals surface area contributed by atoms with Crippen LogP contribution in [-0.4, -0.2) is 44.6 Å². The number of para-hydroxylation sites is 1. The van der Waals surface area contributed by atoms with Crippen LogP contribution in [0.1, 0.15) is 6.42 Å². The van der Waals surface area contributed by atoms with Gasteiger partial charge in [-0.3, -0.25) is 0 Å². The van der Waals surface area contributed by atoms with E-state index in [9.17, 15) is 8.76 Å². The number of anilines is 1. The lowest BCUT2D eigenvalue weighted by molar-refractivity contribution is 0.198. The van der Waals surface area contributed by atoms with Crippen LogP contribution < -0.4 is 5.32 Å². The molecule has 0 aliphatic heterocycles. The van der Waals surface area contributed by atoms with Crippen molar-refractivity contribution >= 4 is 44.2 Å². The largest absolute Gasteiger partial charge is 0.604 e. The van der Waals surface area contributed by atoms with E-state index in [2.05, 4.69) is 20.6 Å². The monoisotopic (exact) mass is 431 g/mol. The molecule has 1 unspecified atom stereocenters. The molecule has 29 heavy (non-hydrogen) atoms. The first-order valence-electron chi connectivity index (χ1n) is 8.90. The number of aromatic nitrogens is 4. The van der Waals surface area contributed by atoms with Gasteiger partial charge in [-0.1, -0.05) is 38.3 Å². The van der Waals surface area contributed by atoms with E-state index in [0.29, 0.717) is 29.5 Å². The Balaban J connectivity index is 1.85. The van der Waals surface area contributed by atoms with Crippen molar-refractivity contribution in [2.24, 2.45) is 0 Å². The van der Waals surface area contributed by atoms with Crippen molar-refractivity contribution in [3.63, 3.8) is 0 Å². The quantitative estimate of drug-likeness (QED) is 0.353. The Kier molecular flexibility index (Phi) is 5.46. The van der Waals surface area contributed by atoms with Gasteiger partial charge in [-0.25, -0.2) is 4.98 Å². The fraction of sp³-hybridized carbons (Fsp3) is 0.211. The van der Waals surface area contributed by atoms with Crippen LogP contribution in [0.2, 0.25) is 5.02 Å². The number of rotatable bonds is 7. The Bertz CT molecular complexity index is 1210. The molecule has 0 saturated heterocycles. The molecule has 0 saturated carbocycles. The van der Waals surface area contributed by atoms with Gasteiger partial charge >= 0.3 is 5.03 Å². The Labute approximate surface area is 173 Å². The van der Waals surface area contributed by atoms with Gasteiger partial charge in [0.05, 0.1) is 5.52 Å². The average Bonchev–Trinajstić information content (AvgIpc) is 3.16.